The Bertz CT molecular complexity index is 606. The lowest BCUT2D eigenvalue weighted by atomic mass is 10.0. The molecule has 0 aliphatic carbocycles. The van der Waals surface area contributed by atoms with Crippen LogP contribution in [0.1, 0.15) is 20.3 Å². The molecule has 0 saturated carbocycles. The zero-order valence-electron chi connectivity index (χ0n) is 11.9. The van der Waals surface area contributed by atoms with Crippen molar-refractivity contribution in [2.24, 2.45) is 5.92 Å². The third-order valence-electron chi connectivity index (χ3n) is 3.01. The van der Waals surface area contributed by atoms with Crippen LogP contribution in [0, 0.1) is 5.92 Å². The van der Waals surface area contributed by atoms with E-state index in [-0.39, 0.29) is 5.97 Å². The molecule has 0 aliphatic rings. The van der Waals surface area contributed by atoms with Gasteiger partial charge in [-0.05, 0) is 30.5 Å². The van der Waals surface area contributed by atoms with Crippen molar-refractivity contribution in [3.8, 4) is 0 Å². The first-order valence-corrected chi connectivity index (χ1v) is 6.59. The molecule has 6 heteroatoms. The summed E-state index contributed by atoms with van der Waals surface area (Å²) in [5, 5.41) is 3.09. The molecule has 1 aromatic carbocycles. The first kappa shape index (κ1) is 14.2. The van der Waals surface area contributed by atoms with E-state index in [9.17, 15) is 4.79 Å². The van der Waals surface area contributed by atoms with E-state index in [1.807, 2.05) is 12.1 Å². The van der Waals surface area contributed by atoms with Crippen molar-refractivity contribution in [2.45, 2.75) is 26.3 Å². The summed E-state index contributed by atoms with van der Waals surface area (Å²) in [4.78, 5) is 19.3. The zero-order chi connectivity index (χ0) is 14.7. The molecular formula is C14H20N4O2. The topological polar surface area (TPSA) is 93.0 Å². The Kier molecular flexibility index (Phi) is 4.12. The van der Waals surface area contributed by atoms with Crippen molar-refractivity contribution >= 4 is 28.6 Å². The summed E-state index contributed by atoms with van der Waals surface area (Å²) in [6.45, 7) is 4.11. The van der Waals surface area contributed by atoms with Gasteiger partial charge in [0.25, 0.3) is 0 Å². The molecule has 20 heavy (non-hydrogen) atoms. The molecular weight excluding hydrogens is 256 g/mol. The van der Waals surface area contributed by atoms with Gasteiger partial charge in [-0.1, -0.05) is 13.8 Å². The quantitative estimate of drug-likeness (QED) is 0.574. The van der Waals surface area contributed by atoms with Crippen molar-refractivity contribution < 1.29 is 9.53 Å². The number of esters is 1. The SMILES string of the molecule is COC(=O)C(CC(C)C)Nc1nc2ccc(N)cc2[nH]1. The highest BCUT2D eigenvalue weighted by atomic mass is 16.5. The average molecular weight is 276 g/mol. The zero-order valence-corrected chi connectivity index (χ0v) is 11.9. The summed E-state index contributed by atoms with van der Waals surface area (Å²) >= 11 is 0. The van der Waals surface area contributed by atoms with Crippen molar-refractivity contribution in [3.63, 3.8) is 0 Å². The highest BCUT2D eigenvalue weighted by Gasteiger charge is 2.21. The smallest absolute Gasteiger partial charge is 0.328 e. The maximum absolute atomic E-state index is 11.8. The van der Waals surface area contributed by atoms with Gasteiger partial charge in [-0.3, -0.25) is 0 Å². The molecule has 0 saturated heterocycles. The Morgan fingerprint density at radius 1 is 1.50 bits per heavy atom. The monoisotopic (exact) mass is 276 g/mol. The summed E-state index contributed by atoms with van der Waals surface area (Å²) in [6, 6.07) is 5.02. The molecule has 0 amide bonds. The first-order chi connectivity index (χ1) is 9.49. The summed E-state index contributed by atoms with van der Waals surface area (Å²) in [7, 11) is 1.39. The van der Waals surface area contributed by atoms with Gasteiger partial charge in [0.15, 0.2) is 0 Å². The number of carbonyl (C=O) groups is 1. The summed E-state index contributed by atoms with van der Waals surface area (Å²) in [5.74, 6) is 0.618. The van der Waals surface area contributed by atoms with Gasteiger partial charge in [0.1, 0.15) is 6.04 Å². The fraction of sp³-hybridized carbons (Fsp3) is 0.429. The van der Waals surface area contributed by atoms with E-state index in [1.54, 1.807) is 6.07 Å². The number of nitrogens with one attached hydrogen (secondary N) is 2. The van der Waals surface area contributed by atoms with Crippen LogP contribution < -0.4 is 11.1 Å². The Hall–Kier alpha value is -2.24. The number of aromatic amines is 1. The number of fused-ring (bicyclic) bond motifs is 1. The number of hydrogen-bond acceptors (Lipinski definition) is 5. The second-order valence-corrected chi connectivity index (χ2v) is 5.21. The fourth-order valence-corrected chi connectivity index (χ4v) is 2.09. The van der Waals surface area contributed by atoms with Crippen LogP contribution in [0.4, 0.5) is 11.6 Å². The largest absolute Gasteiger partial charge is 0.467 e. The number of nitrogens with two attached hydrogens (primary N) is 1. The van der Waals surface area contributed by atoms with Crippen LogP contribution in [-0.4, -0.2) is 29.1 Å². The molecule has 108 valence electrons. The number of nitrogens with zero attached hydrogens (tertiary/aromatic N) is 1. The molecule has 2 aromatic rings. The lowest BCUT2D eigenvalue weighted by molar-refractivity contribution is -0.141. The number of methoxy groups -OCH3 is 1. The molecule has 0 bridgehead atoms. The van der Waals surface area contributed by atoms with Gasteiger partial charge in [0.05, 0.1) is 18.1 Å². The molecule has 0 spiro atoms. The molecule has 0 fully saturated rings. The number of hydrogen-bond donors (Lipinski definition) is 3. The van der Waals surface area contributed by atoms with E-state index < -0.39 is 6.04 Å². The van der Waals surface area contributed by atoms with Crippen LogP contribution in [0.3, 0.4) is 0 Å². The van der Waals surface area contributed by atoms with Crippen molar-refractivity contribution in [1.82, 2.24) is 9.97 Å². The number of rotatable bonds is 5. The maximum Gasteiger partial charge on any atom is 0.328 e. The Labute approximate surface area is 117 Å². The van der Waals surface area contributed by atoms with Gasteiger partial charge >= 0.3 is 5.97 Å². The van der Waals surface area contributed by atoms with Crippen LogP contribution in [0.25, 0.3) is 11.0 Å². The minimum Gasteiger partial charge on any atom is -0.467 e. The number of aromatic nitrogens is 2. The van der Waals surface area contributed by atoms with E-state index >= 15 is 0 Å². The second-order valence-electron chi connectivity index (χ2n) is 5.21. The minimum absolute atomic E-state index is 0.293. The molecule has 0 radical (unpaired) electrons. The van der Waals surface area contributed by atoms with Gasteiger partial charge in [-0.15, -0.1) is 0 Å². The molecule has 1 heterocycles. The van der Waals surface area contributed by atoms with Gasteiger partial charge in [0.2, 0.25) is 5.95 Å². The second kappa shape index (κ2) is 5.81. The number of nitrogen functional groups attached to an aromatic ring is 1. The number of ether oxygens (including phenoxy) is 1. The van der Waals surface area contributed by atoms with Crippen LogP contribution in [0.5, 0.6) is 0 Å². The van der Waals surface area contributed by atoms with Crippen LogP contribution in [-0.2, 0) is 9.53 Å². The van der Waals surface area contributed by atoms with E-state index in [1.165, 1.54) is 7.11 Å². The standard InChI is InChI=1S/C14H20N4O2/c1-8(2)6-12(13(19)20-3)18-14-16-10-5-4-9(15)7-11(10)17-14/h4-5,7-8,12H,6,15H2,1-3H3,(H2,16,17,18). The van der Waals surface area contributed by atoms with Crippen molar-refractivity contribution in [1.29, 1.82) is 0 Å². The molecule has 0 aliphatic heterocycles. The highest BCUT2D eigenvalue weighted by Crippen LogP contribution is 2.19. The Morgan fingerprint density at radius 2 is 2.25 bits per heavy atom. The third kappa shape index (κ3) is 3.20. The predicted molar refractivity (Wildman–Crippen MR) is 79.4 cm³/mol. The number of imidazole rings is 1. The lowest BCUT2D eigenvalue weighted by Gasteiger charge is -2.17. The van der Waals surface area contributed by atoms with Gasteiger partial charge in [-0.2, -0.15) is 0 Å². The van der Waals surface area contributed by atoms with Gasteiger partial charge in [-0.25, -0.2) is 9.78 Å². The molecule has 1 atom stereocenters. The summed E-state index contributed by atoms with van der Waals surface area (Å²) in [6.07, 6.45) is 0.672. The van der Waals surface area contributed by atoms with Crippen LogP contribution >= 0.6 is 0 Å². The summed E-state index contributed by atoms with van der Waals surface area (Å²) < 4.78 is 4.82. The van der Waals surface area contributed by atoms with Crippen LogP contribution in [0.15, 0.2) is 18.2 Å². The summed E-state index contributed by atoms with van der Waals surface area (Å²) in [5.41, 5.74) is 8.03. The van der Waals surface area contributed by atoms with Crippen molar-refractivity contribution in [2.75, 3.05) is 18.2 Å². The maximum atomic E-state index is 11.8. The number of anilines is 2. The molecule has 4 N–H and O–H groups in total. The van der Waals surface area contributed by atoms with Gasteiger partial charge < -0.3 is 20.8 Å². The van der Waals surface area contributed by atoms with E-state index in [4.69, 9.17) is 10.5 Å². The number of carbonyl (C=O) groups excluding carboxylic acids is 1. The van der Waals surface area contributed by atoms with Gasteiger partial charge in [0, 0.05) is 5.69 Å². The molecule has 1 aromatic heterocycles. The normalized spacial score (nSPS) is 12.6. The number of H-pyrrole nitrogens is 1. The van der Waals surface area contributed by atoms with E-state index in [0.29, 0.717) is 24.0 Å². The van der Waals surface area contributed by atoms with Crippen molar-refractivity contribution in [3.05, 3.63) is 18.2 Å². The fourth-order valence-electron chi connectivity index (χ4n) is 2.09. The Morgan fingerprint density at radius 3 is 2.90 bits per heavy atom. The van der Waals surface area contributed by atoms with Crippen LogP contribution in [0.2, 0.25) is 0 Å². The predicted octanol–water partition coefficient (Wildman–Crippen LogP) is 2.14. The highest BCUT2D eigenvalue weighted by molar-refractivity contribution is 5.82. The lowest BCUT2D eigenvalue weighted by Crippen LogP contribution is -2.32. The first-order valence-electron chi connectivity index (χ1n) is 6.59. The number of benzene rings is 1. The molecule has 2 rings (SSSR count). The molecule has 1 unspecified atom stereocenters. The third-order valence-corrected chi connectivity index (χ3v) is 3.01. The Balaban J connectivity index is 2.21. The van der Waals surface area contributed by atoms with E-state index in [2.05, 4.69) is 29.1 Å². The van der Waals surface area contributed by atoms with E-state index in [0.717, 1.165) is 11.0 Å². The molecule has 6 nitrogen and oxygen atoms in total. The minimum atomic E-state index is -0.419. The average Bonchev–Trinajstić information content (AvgIpc) is 2.77.